The fraction of sp³-hybridized carbons (Fsp3) is 0.923. The molecular formula is C13H26N2O3. The summed E-state index contributed by atoms with van der Waals surface area (Å²) < 4.78 is 5.35. The summed E-state index contributed by atoms with van der Waals surface area (Å²) in [4.78, 5) is 13.6. The summed E-state index contributed by atoms with van der Waals surface area (Å²) in [6, 6.07) is 0. The number of nitrogens with two attached hydrogens (primary N) is 1. The Labute approximate surface area is 109 Å². The fourth-order valence-electron chi connectivity index (χ4n) is 2.27. The number of carbonyl (C=O) groups is 1. The van der Waals surface area contributed by atoms with Crippen molar-refractivity contribution >= 4 is 6.09 Å². The standard InChI is InChI=1S/C13H26N2O3/c1-10-9-15(11(17)18-12(2,3)4)7-5-13(10,14)6-8-16/h10,16H,5-9,14H2,1-4H3. The maximum atomic E-state index is 11.9. The first-order chi connectivity index (χ1) is 8.18. The third-order valence-corrected chi connectivity index (χ3v) is 3.55. The third kappa shape index (κ3) is 3.85. The number of amides is 1. The number of likely N-dealkylation sites (tertiary alicyclic amines) is 1. The van der Waals surface area contributed by atoms with Crippen LogP contribution in [0.25, 0.3) is 0 Å². The molecule has 0 spiro atoms. The van der Waals surface area contributed by atoms with E-state index >= 15 is 0 Å². The van der Waals surface area contributed by atoms with Crippen molar-refractivity contribution in [2.24, 2.45) is 11.7 Å². The molecule has 0 aromatic carbocycles. The van der Waals surface area contributed by atoms with E-state index in [0.717, 1.165) is 0 Å². The number of piperidine rings is 1. The van der Waals surface area contributed by atoms with Gasteiger partial charge >= 0.3 is 6.09 Å². The van der Waals surface area contributed by atoms with Gasteiger partial charge in [-0.2, -0.15) is 0 Å². The summed E-state index contributed by atoms with van der Waals surface area (Å²) in [5.74, 6) is 0.158. The van der Waals surface area contributed by atoms with E-state index < -0.39 is 5.60 Å². The van der Waals surface area contributed by atoms with Gasteiger partial charge in [0.2, 0.25) is 0 Å². The molecule has 2 atom stereocenters. The van der Waals surface area contributed by atoms with E-state index in [4.69, 9.17) is 15.6 Å². The molecule has 1 rings (SSSR count). The molecule has 0 radical (unpaired) electrons. The number of aliphatic hydroxyl groups excluding tert-OH is 1. The Morgan fingerprint density at radius 2 is 2.17 bits per heavy atom. The lowest BCUT2D eigenvalue weighted by Gasteiger charge is -2.44. The van der Waals surface area contributed by atoms with E-state index in [1.807, 2.05) is 27.7 Å². The van der Waals surface area contributed by atoms with Crippen LogP contribution in [-0.4, -0.2) is 46.9 Å². The van der Waals surface area contributed by atoms with Gasteiger partial charge in [-0.3, -0.25) is 0 Å². The molecule has 2 unspecified atom stereocenters. The number of ether oxygens (including phenoxy) is 1. The molecule has 1 aliphatic heterocycles. The number of aliphatic hydroxyl groups is 1. The molecule has 0 bridgehead atoms. The van der Waals surface area contributed by atoms with Gasteiger partial charge in [-0.1, -0.05) is 6.92 Å². The van der Waals surface area contributed by atoms with E-state index in [1.54, 1.807) is 4.90 Å². The summed E-state index contributed by atoms with van der Waals surface area (Å²) in [6.45, 7) is 8.87. The van der Waals surface area contributed by atoms with E-state index in [1.165, 1.54) is 0 Å². The SMILES string of the molecule is CC1CN(C(=O)OC(C)(C)C)CCC1(N)CCO. The van der Waals surface area contributed by atoms with Crippen molar-refractivity contribution in [1.82, 2.24) is 4.90 Å². The predicted octanol–water partition coefficient (Wildman–Crippen LogP) is 1.34. The van der Waals surface area contributed by atoms with Crippen molar-refractivity contribution in [2.75, 3.05) is 19.7 Å². The molecule has 18 heavy (non-hydrogen) atoms. The quantitative estimate of drug-likeness (QED) is 0.784. The topological polar surface area (TPSA) is 75.8 Å². The monoisotopic (exact) mass is 258 g/mol. The maximum Gasteiger partial charge on any atom is 0.410 e. The van der Waals surface area contributed by atoms with Crippen LogP contribution in [0.15, 0.2) is 0 Å². The van der Waals surface area contributed by atoms with Crippen LogP contribution in [0, 0.1) is 5.92 Å². The Hall–Kier alpha value is -0.810. The molecule has 0 aliphatic carbocycles. The van der Waals surface area contributed by atoms with Crippen molar-refractivity contribution in [1.29, 1.82) is 0 Å². The Balaban J connectivity index is 2.58. The first-order valence-corrected chi connectivity index (χ1v) is 6.55. The van der Waals surface area contributed by atoms with E-state index in [-0.39, 0.29) is 24.2 Å². The number of nitrogens with zero attached hydrogens (tertiary/aromatic N) is 1. The summed E-state index contributed by atoms with van der Waals surface area (Å²) in [5, 5.41) is 9.04. The van der Waals surface area contributed by atoms with Crippen molar-refractivity contribution < 1.29 is 14.6 Å². The maximum absolute atomic E-state index is 11.9. The second kappa shape index (κ2) is 5.45. The molecular weight excluding hydrogens is 232 g/mol. The highest BCUT2D eigenvalue weighted by Crippen LogP contribution is 2.29. The second-order valence-corrected chi connectivity index (χ2v) is 6.28. The molecule has 1 amide bonds. The summed E-state index contributed by atoms with van der Waals surface area (Å²) in [5.41, 5.74) is 5.43. The third-order valence-electron chi connectivity index (χ3n) is 3.55. The van der Waals surface area contributed by atoms with Gasteiger partial charge in [-0.05, 0) is 39.5 Å². The Bertz CT molecular complexity index is 301. The molecule has 5 nitrogen and oxygen atoms in total. The van der Waals surface area contributed by atoms with E-state index in [0.29, 0.717) is 25.9 Å². The molecule has 0 aromatic rings. The first-order valence-electron chi connectivity index (χ1n) is 6.55. The minimum atomic E-state index is -0.470. The number of carbonyl (C=O) groups excluding carboxylic acids is 1. The first kappa shape index (κ1) is 15.2. The molecule has 0 saturated carbocycles. The molecule has 1 fully saturated rings. The van der Waals surface area contributed by atoms with Crippen LogP contribution in [0.1, 0.15) is 40.5 Å². The van der Waals surface area contributed by atoms with Gasteiger partial charge in [-0.15, -0.1) is 0 Å². The fourth-order valence-corrected chi connectivity index (χ4v) is 2.27. The van der Waals surface area contributed by atoms with Crippen LogP contribution in [0.3, 0.4) is 0 Å². The van der Waals surface area contributed by atoms with Crippen molar-refractivity contribution in [3.05, 3.63) is 0 Å². The van der Waals surface area contributed by atoms with Crippen LogP contribution in [-0.2, 0) is 4.74 Å². The van der Waals surface area contributed by atoms with Crippen molar-refractivity contribution in [3.8, 4) is 0 Å². The Kier molecular flexibility index (Phi) is 4.61. The van der Waals surface area contributed by atoms with Crippen LogP contribution in [0.5, 0.6) is 0 Å². The van der Waals surface area contributed by atoms with Crippen molar-refractivity contribution in [3.63, 3.8) is 0 Å². The second-order valence-electron chi connectivity index (χ2n) is 6.28. The Morgan fingerprint density at radius 1 is 1.56 bits per heavy atom. The molecule has 1 heterocycles. The predicted molar refractivity (Wildman–Crippen MR) is 70.2 cm³/mol. The molecule has 106 valence electrons. The highest BCUT2D eigenvalue weighted by Gasteiger charge is 2.39. The zero-order valence-electron chi connectivity index (χ0n) is 11.9. The molecule has 1 aliphatic rings. The summed E-state index contributed by atoms with van der Waals surface area (Å²) in [6.07, 6.45) is 1.00. The number of rotatable bonds is 2. The lowest BCUT2D eigenvalue weighted by molar-refractivity contribution is 0.00635. The number of hydrogen-bond acceptors (Lipinski definition) is 4. The van der Waals surface area contributed by atoms with E-state index in [9.17, 15) is 4.79 Å². The van der Waals surface area contributed by atoms with Gasteiger partial charge in [0.25, 0.3) is 0 Å². The highest BCUT2D eigenvalue weighted by atomic mass is 16.6. The summed E-state index contributed by atoms with van der Waals surface area (Å²) in [7, 11) is 0. The minimum Gasteiger partial charge on any atom is -0.444 e. The summed E-state index contributed by atoms with van der Waals surface area (Å²) >= 11 is 0. The van der Waals surface area contributed by atoms with E-state index in [2.05, 4.69) is 0 Å². The van der Waals surface area contributed by atoms with Gasteiger partial charge in [0.05, 0.1) is 0 Å². The van der Waals surface area contributed by atoms with Gasteiger partial charge in [0, 0.05) is 25.2 Å². The number of hydrogen-bond donors (Lipinski definition) is 2. The largest absolute Gasteiger partial charge is 0.444 e. The average molecular weight is 258 g/mol. The lowest BCUT2D eigenvalue weighted by Crippen LogP contribution is -2.58. The van der Waals surface area contributed by atoms with Crippen molar-refractivity contribution in [2.45, 2.75) is 51.7 Å². The molecule has 5 heteroatoms. The van der Waals surface area contributed by atoms with Crippen LogP contribution in [0.4, 0.5) is 4.79 Å². The zero-order valence-corrected chi connectivity index (χ0v) is 11.9. The van der Waals surface area contributed by atoms with Gasteiger partial charge < -0.3 is 20.5 Å². The smallest absolute Gasteiger partial charge is 0.410 e. The van der Waals surface area contributed by atoms with Gasteiger partial charge in [0.1, 0.15) is 5.60 Å². The minimum absolute atomic E-state index is 0.0906. The average Bonchev–Trinajstić information content (AvgIpc) is 2.20. The zero-order chi connectivity index (χ0) is 14.0. The van der Waals surface area contributed by atoms with Crippen LogP contribution >= 0.6 is 0 Å². The van der Waals surface area contributed by atoms with Gasteiger partial charge in [0.15, 0.2) is 0 Å². The highest BCUT2D eigenvalue weighted by molar-refractivity contribution is 5.68. The molecule has 3 N–H and O–H groups in total. The molecule has 1 saturated heterocycles. The molecule has 0 aromatic heterocycles. The van der Waals surface area contributed by atoms with Crippen LogP contribution in [0.2, 0.25) is 0 Å². The van der Waals surface area contributed by atoms with Gasteiger partial charge in [-0.25, -0.2) is 4.79 Å². The Morgan fingerprint density at radius 3 is 2.61 bits per heavy atom. The lowest BCUT2D eigenvalue weighted by atomic mass is 9.77. The van der Waals surface area contributed by atoms with Crippen LogP contribution < -0.4 is 5.73 Å². The normalized spacial score (nSPS) is 29.2.